The molecule has 192 valence electrons. The summed E-state index contributed by atoms with van der Waals surface area (Å²) in [5, 5.41) is 9.49. The highest BCUT2D eigenvalue weighted by molar-refractivity contribution is 7.98. The third-order valence-corrected chi connectivity index (χ3v) is 7.01. The van der Waals surface area contributed by atoms with Crippen LogP contribution in [0, 0.1) is 17.6 Å². The first kappa shape index (κ1) is 26.2. The number of carboxylic acid groups (broad SMARTS) is 1. The number of hydrogen-bond acceptors (Lipinski definition) is 5. The summed E-state index contributed by atoms with van der Waals surface area (Å²) >= 11 is 1.32. The number of ether oxygens (including phenoxy) is 1. The van der Waals surface area contributed by atoms with Crippen molar-refractivity contribution in [2.24, 2.45) is 11.7 Å². The van der Waals surface area contributed by atoms with Crippen LogP contribution in [-0.2, 0) is 16.2 Å². The minimum Gasteiger partial charge on any atom is -0.489 e. The summed E-state index contributed by atoms with van der Waals surface area (Å²) in [5.74, 6) is -4.32. The molecule has 3 aromatic carbocycles. The van der Waals surface area contributed by atoms with Gasteiger partial charge in [0.2, 0.25) is 5.91 Å². The zero-order chi connectivity index (χ0) is 26.7. The van der Waals surface area contributed by atoms with Crippen LogP contribution in [0.1, 0.15) is 22.3 Å². The number of halogens is 2. The van der Waals surface area contributed by atoms with Crippen molar-refractivity contribution in [1.29, 1.82) is 0 Å². The average Bonchev–Trinajstić information content (AvgIpc) is 3.35. The second kappa shape index (κ2) is 11.0. The van der Waals surface area contributed by atoms with Crippen LogP contribution in [0.3, 0.4) is 0 Å². The molecule has 0 saturated carbocycles. The standard InChI is InChI=1S/C27H24F2N2O5S/c1-37-24-12-22(29)21(28)11-20(24)16-5-7-19(8-6-16)36-14-15-3-2-4-17(9-15)26(33)31-13-18(25(30)32)10-23(31)27(34)35/h2-9,11-12,18,23H,10,13-14H2,1H3,(H2,30,32)(H,34,35)/t18?,23-/m0/s1. The Morgan fingerprint density at radius 1 is 1.08 bits per heavy atom. The molecule has 0 radical (unpaired) electrons. The summed E-state index contributed by atoms with van der Waals surface area (Å²) in [6.07, 6.45) is 1.77. The molecule has 0 bridgehead atoms. The quantitative estimate of drug-likeness (QED) is 0.423. The first-order valence-corrected chi connectivity index (χ1v) is 12.6. The second-order valence-corrected chi connectivity index (χ2v) is 9.47. The van der Waals surface area contributed by atoms with Crippen molar-refractivity contribution in [3.63, 3.8) is 0 Å². The van der Waals surface area contributed by atoms with E-state index in [1.165, 1.54) is 23.9 Å². The van der Waals surface area contributed by atoms with Gasteiger partial charge >= 0.3 is 5.97 Å². The number of benzene rings is 3. The van der Waals surface area contributed by atoms with Crippen molar-refractivity contribution < 1.29 is 33.0 Å². The summed E-state index contributed by atoms with van der Waals surface area (Å²) in [6.45, 7) is 0.0857. The average molecular weight is 527 g/mol. The molecule has 0 aliphatic carbocycles. The van der Waals surface area contributed by atoms with Gasteiger partial charge in [-0.2, -0.15) is 0 Å². The summed E-state index contributed by atoms with van der Waals surface area (Å²) < 4.78 is 33.2. The van der Waals surface area contributed by atoms with Gasteiger partial charge in [0.25, 0.3) is 5.91 Å². The summed E-state index contributed by atoms with van der Waals surface area (Å²) in [6, 6.07) is 14.7. The van der Waals surface area contributed by atoms with Gasteiger partial charge in [-0.1, -0.05) is 24.3 Å². The molecule has 0 spiro atoms. The van der Waals surface area contributed by atoms with E-state index >= 15 is 0 Å². The number of hydrogen-bond donors (Lipinski definition) is 2. The number of nitrogens with two attached hydrogens (primary N) is 1. The zero-order valence-corrected chi connectivity index (χ0v) is 20.6. The number of amides is 2. The highest BCUT2D eigenvalue weighted by atomic mass is 32.2. The lowest BCUT2D eigenvalue weighted by Crippen LogP contribution is -2.40. The SMILES string of the molecule is CSc1cc(F)c(F)cc1-c1ccc(OCc2cccc(C(=O)N3CC(C(N)=O)C[C@H]3C(=O)O)c2)cc1. The molecule has 1 unspecified atom stereocenters. The molecule has 1 saturated heterocycles. The topological polar surface area (TPSA) is 110 Å². The Kier molecular flexibility index (Phi) is 7.77. The monoisotopic (exact) mass is 526 g/mol. The molecule has 10 heteroatoms. The lowest BCUT2D eigenvalue weighted by molar-refractivity contribution is -0.141. The molecule has 1 fully saturated rings. The van der Waals surface area contributed by atoms with E-state index in [1.54, 1.807) is 54.8 Å². The van der Waals surface area contributed by atoms with Crippen LogP contribution in [0.2, 0.25) is 0 Å². The second-order valence-electron chi connectivity index (χ2n) is 8.63. The maximum Gasteiger partial charge on any atom is 0.326 e. The number of carboxylic acids is 1. The fourth-order valence-corrected chi connectivity index (χ4v) is 4.90. The first-order chi connectivity index (χ1) is 17.7. The van der Waals surface area contributed by atoms with Gasteiger partial charge < -0.3 is 20.5 Å². The predicted molar refractivity (Wildman–Crippen MR) is 134 cm³/mol. The van der Waals surface area contributed by atoms with Gasteiger partial charge in [0.1, 0.15) is 18.4 Å². The summed E-state index contributed by atoms with van der Waals surface area (Å²) in [7, 11) is 0. The number of carbonyl (C=O) groups is 3. The molecule has 0 aromatic heterocycles. The van der Waals surface area contributed by atoms with Crippen molar-refractivity contribution in [3.05, 3.63) is 83.4 Å². The van der Waals surface area contributed by atoms with Crippen molar-refractivity contribution in [3.8, 4) is 16.9 Å². The maximum atomic E-state index is 13.8. The molecule has 37 heavy (non-hydrogen) atoms. The zero-order valence-electron chi connectivity index (χ0n) is 19.8. The molecule has 1 aliphatic rings. The van der Waals surface area contributed by atoms with E-state index in [4.69, 9.17) is 10.5 Å². The van der Waals surface area contributed by atoms with E-state index in [1.807, 2.05) is 0 Å². The Morgan fingerprint density at radius 2 is 1.78 bits per heavy atom. The van der Waals surface area contributed by atoms with Crippen molar-refractivity contribution in [1.82, 2.24) is 4.90 Å². The summed E-state index contributed by atoms with van der Waals surface area (Å²) in [5.41, 5.74) is 7.56. The molecule has 1 heterocycles. The van der Waals surface area contributed by atoms with Crippen molar-refractivity contribution in [2.45, 2.75) is 24.0 Å². The Balaban J connectivity index is 1.45. The molecular weight excluding hydrogens is 502 g/mol. The third-order valence-electron chi connectivity index (χ3n) is 6.24. The van der Waals surface area contributed by atoms with Crippen LogP contribution in [-0.4, -0.2) is 46.6 Å². The minimum absolute atomic E-state index is 0.0157. The van der Waals surface area contributed by atoms with Crippen LogP contribution in [0.25, 0.3) is 11.1 Å². The number of aliphatic carboxylic acids is 1. The largest absolute Gasteiger partial charge is 0.489 e. The van der Waals surface area contributed by atoms with Gasteiger partial charge in [-0.3, -0.25) is 9.59 Å². The lowest BCUT2D eigenvalue weighted by atomic mass is 10.1. The third kappa shape index (κ3) is 5.75. The van der Waals surface area contributed by atoms with Crippen LogP contribution in [0.15, 0.2) is 65.6 Å². The van der Waals surface area contributed by atoms with Gasteiger partial charge in [-0.15, -0.1) is 11.8 Å². The number of nitrogens with zero attached hydrogens (tertiary/aromatic N) is 1. The molecule has 2 atom stereocenters. The molecule has 3 N–H and O–H groups in total. The molecule has 4 rings (SSSR count). The van der Waals surface area contributed by atoms with E-state index < -0.39 is 41.4 Å². The fourth-order valence-electron chi connectivity index (χ4n) is 4.28. The van der Waals surface area contributed by atoms with E-state index in [0.29, 0.717) is 27.3 Å². The number of likely N-dealkylation sites (tertiary alicyclic amines) is 1. The van der Waals surface area contributed by atoms with E-state index in [-0.39, 0.29) is 25.1 Å². The molecule has 7 nitrogen and oxygen atoms in total. The van der Waals surface area contributed by atoms with Crippen LogP contribution >= 0.6 is 11.8 Å². The van der Waals surface area contributed by atoms with Gasteiger partial charge in [-0.05, 0) is 65.8 Å². The maximum absolute atomic E-state index is 13.8. The van der Waals surface area contributed by atoms with E-state index in [2.05, 4.69) is 0 Å². The van der Waals surface area contributed by atoms with Gasteiger partial charge in [0.05, 0.1) is 5.92 Å². The fraction of sp³-hybridized carbons (Fsp3) is 0.222. The number of carbonyl (C=O) groups excluding carboxylic acids is 2. The predicted octanol–water partition coefficient (Wildman–Crippen LogP) is 4.33. The van der Waals surface area contributed by atoms with Crippen molar-refractivity contribution in [2.75, 3.05) is 12.8 Å². The van der Waals surface area contributed by atoms with Gasteiger partial charge in [-0.25, -0.2) is 13.6 Å². The molecule has 3 aromatic rings. The van der Waals surface area contributed by atoms with Gasteiger partial charge in [0, 0.05) is 17.0 Å². The Morgan fingerprint density at radius 3 is 2.43 bits per heavy atom. The molecule has 1 aliphatic heterocycles. The Labute approximate surface area is 216 Å². The van der Waals surface area contributed by atoms with E-state index in [9.17, 15) is 28.3 Å². The van der Waals surface area contributed by atoms with E-state index in [0.717, 1.165) is 4.90 Å². The smallest absolute Gasteiger partial charge is 0.326 e. The highest BCUT2D eigenvalue weighted by Crippen LogP contribution is 2.33. The van der Waals surface area contributed by atoms with Crippen LogP contribution in [0.4, 0.5) is 8.78 Å². The lowest BCUT2D eigenvalue weighted by Gasteiger charge is -2.21. The minimum atomic E-state index is -1.19. The van der Waals surface area contributed by atoms with Crippen molar-refractivity contribution >= 4 is 29.5 Å². The number of thioether (sulfide) groups is 1. The number of primary amides is 1. The molecular formula is C27H24F2N2O5S. The number of rotatable bonds is 8. The van der Waals surface area contributed by atoms with Gasteiger partial charge in [0.15, 0.2) is 11.6 Å². The molecule has 2 amide bonds. The highest BCUT2D eigenvalue weighted by Gasteiger charge is 2.42. The van der Waals surface area contributed by atoms with Crippen LogP contribution < -0.4 is 10.5 Å². The van der Waals surface area contributed by atoms with Crippen LogP contribution in [0.5, 0.6) is 5.75 Å². The summed E-state index contributed by atoms with van der Waals surface area (Å²) in [4.78, 5) is 38.0. The Hall–Kier alpha value is -3.92. The Bertz CT molecular complexity index is 1350. The first-order valence-electron chi connectivity index (χ1n) is 11.4. The normalized spacial score (nSPS) is 17.0.